The molecule has 0 radical (unpaired) electrons. The lowest BCUT2D eigenvalue weighted by Crippen LogP contribution is -2.41. The molecule has 1 fully saturated rings. The Labute approximate surface area is 258 Å². The van der Waals surface area contributed by atoms with Gasteiger partial charge >= 0.3 is 0 Å². The molecule has 1 aromatic carbocycles. The molecule has 12 heteroatoms. The van der Waals surface area contributed by atoms with Crippen LogP contribution in [0.2, 0.25) is 0 Å². The molecule has 5 heterocycles. The normalized spacial score (nSPS) is 13.8. The van der Waals surface area contributed by atoms with Crippen molar-refractivity contribution in [3.8, 4) is 27.8 Å². The fourth-order valence-corrected chi connectivity index (χ4v) is 5.48. The van der Waals surface area contributed by atoms with E-state index in [1.807, 2.05) is 42.5 Å². The fraction of sp³-hybridized carbons (Fsp3) is 0.250. The quantitative estimate of drug-likeness (QED) is 0.180. The minimum absolute atomic E-state index is 0.0803. The van der Waals surface area contributed by atoms with E-state index in [9.17, 15) is 4.79 Å². The number of furan rings is 1. The Balaban J connectivity index is 1.19. The van der Waals surface area contributed by atoms with Gasteiger partial charge < -0.3 is 28.3 Å². The average Bonchev–Trinajstić information content (AvgIpc) is 3.79. The highest BCUT2D eigenvalue weighted by Crippen LogP contribution is 2.33. The highest BCUT2D eigenvalue weighted by atomic mass is 32.1. The third-order valence-corrected chi connectivity index (χ3v) is 7.92. The molecule has 44 heavy (non-hydrogen) atoms. The van der Waals surface area contributed by atoms with Crippen LogP contribution in [0.3, 0.4) is 0 Å². The molecule has 1 amide bonds. The van der Waals surface area contributed by atoms with Gasteiger partial charge in [-0.1, -0.05) is 30.8 Å². The van der Waals surface area contributed by atoms with Crippen molar-refractivity contribution in [1.82, 2.24) is 24.5 Å². The molecule has 0 aliphatic carbocycles. The lowest BCUT2D eigenvalue weighted by atomic mass is 10.0. The summed E-state index contributed by atoms with van der Waals surface area (Å²) >= 11 is 1.34. The standard InChI is InChI=1S/C32H31N5O6S/c1-4-27-24(17-29(43-27)26-19-37-31(34-26)44-32(35-37)40-3)28(10-13-39-2)42-20-21-6-5-7-22(16-21)23-8-9-25(33-18-23)30(38)36-11-14-41-15-12-36/h4-10,16-19H,1,11-15,20H2,2-3H3/b28-10+. The Bertz CT molecular complexity index is 1770. The number of benzene rings is 1. The predicted octanol–water partition coefficient (Wildman–Crippen LogP) is 5.44. The maximum Gasteiger partial charge on any atom is 0.294 e. The van der Waals surface area contributed by atoms with E-state index >= 15 is 0 Å². The van der Waals surface area contributed by atoms with Crippen molar-refractivity contribution in [1.29, 1.82) is 0 Å². The monoisotopic (exact) mass is 613 g/mol. The summed E-state index contributed by atoms with van der Waals surface area (Å²) in [5.74, 6) is 1.62. The number of carbonyl (C=O) groups is 1. The molecule has 5 aromatic rings. The van der Waals surface area contributed by atoms with E-state index < -0.39 is 0 Å². The van der Waals surface area contributed by atoms with Crippen molar-refractivity contribution >= 4 is 34.0 Å². The Morgan fingerprint density at radius 3 is 2.73 bits per heavy atom. The molecule has 0 N–H and O–H groups in total. The van der Waals surface area contributed by atoms with Crippen LogP contribution < -0.4 is 4.74 Å². The summed E-state index contributed by atoms with van der Waals surface area (Å²) in [6.07, 6.45) is 7.02. The van der Waals surface area contributed by atoms with E-state index in [1.165, 1.54) is 11.3 Å². The van der Waals surface area contributed by atoms with Crippen LogP contribution in [0.25, 0.3) is 39.4 Å². The molecule has 0 unspecified atom stereocenters. The Morgan fingerprint density at radius 1 is 1.14 bits per heavy atom. The minimum atomic E-state index is -0.0803. The summed E-state index contributed by atoms with van der Waals surface area (Å²) in [6.45, 7) is 6.83. The number of nitrogens with zero attached hydrogens (tertiary/aromatic N) is 5. The highest BCUT2D eigenvalue weighted by molar-refractivity contribution is 7.18. The summed E-state index contributed by atoms with van der Waals surface area (Å²) in [6, 6.07) is 13.6. The van der Waals surface area contributed by atoms with Crippen LogP contribution in [0.5, 0.6) is 5.19 Å². The molecule has 1 saturated heterocycles. The van der Waals surface area contributed by atoms with E-state index in [4.69, 9.17) is 23.4 Å². The van der Waals surface area contributed by atoms with Crippen LogP contribution in [0.1, 0.15) is 27.4 Å². The first-order chi connectivity index (χ1) is 21.6. The van der Waals surface area contributed by atoms with Gasteiger partial charge in [0.2, 0.25) is 4.96 Å². The number of fused-ring (bicyclic) bond motifs is 1. The largest absolute Gasteiger partial charge is 0.488 e. The summed E-state index contributed by atoms with van der Waals surface area (Å²) in [4.78, 5) is 24.3. The SMILES string of the molecule is C=Cc1oc(-c2cn3nc(OC)sc3n2)cc1/C(=C\COC)OCc1cccc(-c2ccc(C(=O)N3CCOCC3)nc2)c1. The molecule has 0 atom stereocenters. The highest BCUT2D eigenvalue weighted by Gasteiger charge is 2.21. The minimum Gasteiger partial charge on any atom is -0.488 e. The molecule has 0 saturated carbocycles. The number of amides is 1. The number of carbonyl (C=O) groups excluding carboxylic acids is 1. The van der Waals surface area contributed by atoms with Crippen molar-refractivity contribution in [2.45, 2.75) is 6.61 Å². The summed E-state index contributed by atoms with van der Waals surface area (Å²) < 4.78 is 30.0. The number of morpholine rings is 1. The second-order valence-electron chi connectivity index (χ2n) is 9.87. The van der Waals surface area contributed by atoms with Gasteiger partial charge in [-0.3, -0.25) is 9.78 Å². The number of methoxy groups -OCH3 is 2. The topological polar surface area (TPSA) is 113 Å². The number of hydrogen-bond acceptors (Lipinski definition) is 10. The molecule has 4 aromatic heterocycles. The molecule has 6 rings (SSSR count). The fourth-order valence-electron chi connectivity index (χ4n) is 4.79. The van der Waals surface area contributed by atoms with E-state index in [2.05, 4.69) is 21.6 Å². The summed E-state index contributed by atoms with van der Waals surface area (Å²) in [5.41, 5.74) is 4.61. The van der Waals surface area contributed by atoms with Crippen molar-refractivity contribution < 1.29 is 28.2 Å². The van der Waals surface area contributed by atoms with Crippen molar-refractivity contribution in [3.05, 3.63) is 90.1 Å². The number of rotatable bonds is 11. The van der Waals surface area contributed by atoms with Gasteiger partial charge in [-0.2, -0.15) is 0 Å². The van der Waals surface area contributed by atoms with Crippen molar-refractivity contribution in [3.63, 3.8) is 0 Å². The van der Waals surface area contributed by atoms with Gasteiger partial charge in [0.05, 0.1) is 38.7 Å². The first kappa shape index (κ1) is 29.3. The van der Waals surface area contributed by atoms with Crippen LogP contribution in [0.4, 0.5) is 0 Å². The molecule has 1 aliphatic rings. The molecular weight excluding hydrogens is 582 g/mol. The van der Waals surface area contributed by atoms with E-state index in [-0.39, 0.29) is 5.91 Å². The van der Waals surface area contributed by atoms with Crippen molar-refractivity contribution in [2.24, 2.45) is 0 Å². The summed E-state index contributed by atoms with van der Waals surface area (Å²) in [5, 5.41) is 4.86. The Kier molecular flexibility index (Phi) is 8.82. The predicted molar refractivity (Wildman–Crippen MR) is 166 cm³/mol. The number of imidazole rings is 1. The van der Waals surface area contributed by atoms with Gasteiger partial charge in [0.25, 0.3) is 11.1 Å². The molecule has 0 spiro atoms. The van der Waals surface area contributed by atoms with Crippen LogP contribution in [-0.2, 0) is 20.8 Å². The molecule has 1 aliphatic heterocycles. The van der Waals surface area contributed by atoms with Crippen LogP contribution in [0.15, 0.2) is 71.9 Å². The van der Waals surface area contributed by atoms with Gasteiger partial charge in [-0.05, 0) is 52.8 Å². The lowest BCUT2D eigenvalue weighted by Gasteiger charge is -2.26. The first-order valence-corrected chi connectivity index (χ1v) is 14.8. The third-order valence-electron chi connectivity index (χ3n) is 7.03. The third kappa shape index (κ3) is 6.27. The Hall–Kier alpha value is -4.78. The first-order valence-electron chi connectivity index (χ1n) is 14.0. The second-order valence-corrected chi connectivity index (χ2v) is 10.8. The van der Waals surface area contributed by atoms with E-state index in [0.717, 1.165) is 22.3 Å². The molecule has 0 bridgehead atoms. The smallest absolute Gasteiger partial charge is 0.294 e. The number of ether oxygens (including phenoxy) is 4. The zero-order valence-corrected chi connectivity index (χ0v) is 25.2. The molecule has 11 nitrogen and oxygen atoms in total. The summed E-state index contributed by atoms with van der Waals surface area (Å²) in [7, 11) is 3.20. The van der Waals surface area contributed by atoms with Crippen molar-refractivity contribution in [2.75, 3.05) is 47.1 Å². The van der Waals surface area contributed by atoms with Crippen LogP contribution in [-0.4, -0.2) is 77.5 Å². The van der Waals surface area contributed by atoms with Gasteiger partial charge in [0.15, 0.2) is 5.76 Å². The van der Waals surface area contributed by atoms with E-state index in [1.54, 1.807) is 48.2 Å². The van der Waals surface area contributed by atoms with Crippen LogP contribution in [0, 0.1) is 0 Å². The van der Waals surface area contributed by atoms with E-state index in [0.29, 0.717) is 78.3 Å². The van der Waals surface area contributed by atoms with Gasteiger partial charge in [-0.15, -0.1) is 5.10 Å². The maximum absolute atomic E-state index is 12.8. The Morgan fingerprint density at radius 2 is 2.00 bits per heavy atom. The lowest BCUT2D eigenvalue weighted by molar-refractivity contribution is 0.0299. The van der Waals surface area contributed by atoms with Gasteiger partial charge in [0, 0.05) is 32.0 Å². The zero-order valence-electron chi connectivity index (χ0n) is 24.4. The van der Waals surface area contributed by atoms with Gasteiger partial charge in [-0.25, -0.2) is 9.50 Å². The number of pyridine rings is 1. The van der Waals surface area contributed by atoms with Crippen LogP contribution >= 0.6 is 11.3 Å². The maximum atomic E-state index is 12.8. The van der Waals surface area contributed by atoms with Gasteiger partial charge in [0.1, 0.15) is 29.5 Å². The zero-order chi connectivity index (χ0) is 30.5. The number of aromatic nitrogens is 4. The molecule has 226 valence electrons. The second kappa shape index (κ2) is 13.2. The average molecular weight is 614 g/mol. The number of hydrogen-bond donors (Lipinski definition) is 0. The molecular formula is C32H31N5O6S.